The van der Waals surface area contributed by atoms with Gasteiger partial charge in [0.05, 0.1) is 18.5 Å². The number of carbonyl (C=O) groups is 1. The third-order valence-electron chi connectivity index (χ3n) is 3.95. The number of amides is 1. The highest BCUT2D eigenvalue weighted by molar-refractivity contribution is 7.92. The van der Waals surface area contributed by atoms with Gasteiger partial charge < -0.3 is 9.84 Å². The average molecular weight is 400 g/mol. The maximum atomic E-state index is 12.3. The summed E-state index contributed by atoms with van der Waals surface area (Å²) < 4.78 is 30.4. The van der Waals surface area contributed by atoms with Crippen LogP contribution in [0.1, 0.15) is 11.5 Å². The van der Waals surface area contributed by atoms with Gasteiger partial charge in [0.2, 0.25) is 27.6 Å². The Hall–Kier alpha value is -3.20. The Balaban J connectivity index is 1.64. The second kappa shape index (κ2) is 8.22. The molecule has 0 atom stereocenters. The van der Waals surface area contributed by atoms with Crippen molar-refractivity contribution in [1.82, 2.24) is 15.5 Å². The van der Waals surface area contributed by atoms with Crippen molar-refractivity contribution in [2.45, 2.75) is 13.5 Å². The van der Waals surface area contributed by atoms with Crippen molar-refractivity contribution in [2.75, 3.05) is 17.1 Å². The third-order valence-corrected chi connectivity index (χ3v) is 5.09. The van der Waals surface area contributed by atoms with Gasteiger partial charge in [0.1, 0.15) is 6.54 Å². The van der Waals surface area contributed by atoms with Crippen LogP contribution in [0.25, 0.3) is 11.4 Å². The number of hydrogen-bond acceptors (Lipinski definition) is 6. The summed E-state index contributed by atoms with van der Waals surface area (Å²) in [6, 6.07) is 16.2. The molecule has 8 nitrogen and oxygen atoms in total. The average Bonchev–Trinajstić information content (AvgIpc) is 3.14. The van der Waals surface area contributed by atoms with Crippen LogP contribution in [0.3, 0.4) is 0 Å². The van der Waals surface area contributed by atoms with Crippen molar-refractivity contribution in [3.8, 4) is 11.4 Å². The Bertz CT molecular complexity index is 1050. The number of aromatic nitrogens is 2. The van der Waals surface area contributed by atoms with Crippen LogP contribution in [0.2, 0.25) is 0 Å². The fraction of sp³-hybridized carbons (Fsp3) is 0.211. The lowest BCUT2D eigenvalue weighted by Gasteiger charge is -2.21. The second-order valence-electron chi connectivity index (χ2n) is 6.26. The van der Waals surface area contributed by atoms with Crippen LogP contribution in [-0.4, -0.2) is 37.3 Å². The van der Waals surface area contributed by atoms with Gasteiger partial charge in [-0.1, -0.05) is 53.2 Å². The Morgan fingerprint density at radius 2 is 1.79 bits per heavy atom. The minimum atomic E-state index is -3.62. The zero-order valence-electron chi connectivity index (χ0n) is 15.5. The molecule has 0 saturated heterocycles. The van der Waals surface area contributed by atoms with E-state index in [4.69, 9.17) is 4.52 Å². The molecule has 1 amide bonds. The van der Waals surface area contributed by atoms with E-state index < -0.39 is 15.9 Å². The minimum absolute atomic E-state index is 0.00413. The molecule has 146 valence electrons. The first-order valence-electron chi connectivity index (χ1n) is 8.52. The fourth-order valence-electron chi connectivity index (χ4n) is 2.50. The Morgan fingerprint density at radius 1 is 1.11 bits per heavy atom. The van der Waals surface area contributed by atoms with Crippen LogP contribution in [0.5, 0.6) is 0 Å². The molecule has 1 heterocycles. The minimum Gasteiger partial charge on any atom is -0.345 e. The van der Waals surface area contributed by atoms with Crippen LogP contribution in [0, 0.1) is 6.92 Å². The molecule has 0 aliphatic carbocycles. The molecule has 3 rings (SSSR count). The lowest BCUT2D eigenvalue weighted by atomic mass is 10.2. The van der Waals surface area contributed by atoms with E-state index in [-0.39, 0.29) is 19.0 Å². The van der Waals surface area contributed by atoms with E-state index in [1.165, 1.54) is 0 Å². The predicted molar refractivity (Wildman–Crippen MR) is 105 cm³/mol. The lowest BCUT2D eigenvalue weighted by Crippen LogP contribution is -2.40. The van der Waals surface area contributed by atoms with Gasteiger partial charge in [0, 0.05) is 5.56 Å². The van der Waals surface area contributed by atoms with Crippen molar-refractivity contribution >= 4 is 21.6 Å². The number of nitrogens with one attached hydrogen (secondary N) is 1. The van der Waals surface area contributed by atoms with Crippen LogP contribution in [0.4, 0.5) is 5.69 Å². The molecule has 0 aliphatic rings. The maximum Gasteiger partial charge on any atom is 0.246 e. The van der Waals surface area contributed by atoms with E-state index in [1.54, 1.807) is 24.3 Å². The van der Waals surface area contributed by atoms with Crippen molar-refractivity contribution < 1.29 is 17.7 Å². The lowest BCUT2D eigenvalue weighted by molar-refractivity contribution is -0.119. The summed E-state index contributed by atoms with van der Waals surface area (Å²) in [7, 11) is -3.62. The summed E-state index contributed by atoms with van der Waals surface area (Å²) in [5.41, 5.74) is 2.21. The number of carbonyl (C=O) groups excluding carboxylic acids is 1. The molecule has 0 saturated carbocycles. The fourth-order valence-corrected chi connectivity index (χ4v) is 3.36. The molecule has 0 unspecified atom stereocenters. The number of benzene rings is 2. The summed E-state index contributed by atoms with van der Waals surface area (Å²) in [4.78, 5) is 16.5. The molecule has 0 spiro atoms. The van der Waals surface area contributed by atoms with Gasteiger partial charge in [-0.25, -0.2) is 8.42 Å². The molecule has 1 N–H and O–H groups in total. The van der Waals surface area contributed by atoms with E-state index in [1.807, 2.05) is 37.3 Å². The molecule has 3 aromatic rings. The normalized spacial score (nSPS) is 11.2. The Kier molecular flexibility index (Phi) is 5.74. The monoisotopic (exact) mass is 400 g/mol. The van der Waals surface area contributed by atoms with Gasteiger partial charge in [-0.2, -0.15) is 4.98 Å². The van der Waals surface area contributed by atoms with Crippen molar-refractivity contribution in [3.63, 3.8) is 0 Å². The maximum absolute atomic E-state index is 12.3. The number of rotatable bonds is 7. The van der Waals surface area contributed by atoms with Gasteiger partial charge in [0.15, 0.2) is 0 Å². The highest BCUT2D eigenvalue weighted by Gasteiger charge is 2.21. The molecular formula is C19H20N4O4S. The molecule has 28 heavy (non-hydrogen) atoms. The Morgan fingerprint density at radius 3 is 2.43 bits per heavy atom. The number of anilines is 1. The number of nitrogens with zero attached hydrogens (tertiary/aromatic N) is 3. The van der Waals surface area contributed by atoms with E-state index in [0.717, 1.165) is 21.7 Å². The highest BCUT2D eigenvalue weighted by atomic mass is 32.2. The number of aryl methyl sites for hydroxylation is 1. The van der Waals surface area contributed by atoms with Gasteiger partial charge >= 0.3 is 0 Å². The van der Waals surface area contributed by atoms with Gasteiger partial charge in [-0.05, 0) is 19.1 Å². The van der Waals surface area contributed by atoms with Crippen LogP contribution in [-0.2, 0) is 21.4 Å². The molecule has 0 bridgehead atoms. The van der Waals surface area contributed by atoms with E-state index in [2.05, 4.69) is 15.5 Å². The molecule has 1 aromatic heterocycles. The quantitative estimate of drug-likeness (QED) is 0.651. The summed E-state index contributed by atoms with van der Waals surface area (Å²) in [5, 5.41) is 6.48. The predicted octanol–water partition coefficient (Wildman–Crippen LogP) is 2.13. The first-order valence-corrected chi connectivity index (χ1v) is 10.4. The molecule has 0 aliphatic heterocycles. The van der Waals surface area contributed by atoms with Crippen LogP contribution in [0.15, 0.2) is 59.1 Å². The zero-order valence-corrected chi connectivity index (χ0v) is 16.3. The highest BCUT2D eigenvalue weighted by Crippen LogP contribution is 2.18. The standard InChI is InChI=1S/C19H20N4O4S/c1-14-8-10-16(11-9-14)23(28(2,25)26)13-17(24)20-12-18-21-19(22-27-18)15-6-4-3-5-7-15/h3-11H,12-13H2,1-2H3,(H,20,24). The second-order valence-corrected chi connectivity index (χ2v) is 8.17. The summed E-state index contributed by atoms with van der Waals surface area (Å²) in [6.45, 7) is 1.56. The summed E-state index contributed by atoms with van der Waals surface area (Å²) in [6.07, 6.45) is 1.06. The van der Waals surface area contributed by atoms with Gasteiger partial charge in [-0.3, -0.25) is 9.10 Å². The van der Waals surface area contributed by atoms with Crippen LogP contribution < -0.4 is 9.62 Å². The van der Waals surface area contributed by atoms with E-state index in [9.17, 15) is 13.2 Å². The molecule has 9 heteroatoms. The van der Waals surface area contributed by atoms with E-state index in [0.29, 0.717) is 11.5 Å². The molecule has 2 aromatic carbocycles. The van der Waals surface area contributed by atoms with Crippen molar-refractivity contribution in [2.24, 2.45) is 0 Å². The molecule has 0 radical (unpaired) electrons. The molecule has 0 fully saturated rings. The summed E-state index contributed by atoms with van der Waals surface area (Å²) >= 11 is 0. The zero-order chi connectivity index (χ0) is 20.1. The van der Waals surface area contributed by atoms with E-state index >= 15 is 0 Å². The number of hydrogen-bond donors (Lipinski definition) is 1. The topological polar surface area (TPSA) is 105 Å². The third kappa shape index (κ3) is 4.95. The SMILES string of the molecule is Cc1ccc(N(CC(=O)NCc2nc(-c3ccccc3)no2)S(C)(=O)=O)cc1. The Labute approximate surface area is 163 Å². The van der Waals surface area contributed by atoms with Gasteiger partial charge in [0.25, 0.3) is 0 Å². The molecular weight excluding hydrogens is 380 g/mol. The largest absolute Gasteiger partial charge is 0.345 e. The van der Waals surface area contributed by atoms with Gasteiger partial charge in [-0.15, -0.1) is 0 Å². The first-order chi connectivity index (χ1) is 13.3. The smallest absolute Gasteiger partial charge is 0.246 e. The van der Waals surface area contributed by atoms with Crippen molar-refractivity contribution in [1.29, 1.82) is 0 Å². The summed E-state index contributed by atoms with van der Waals surface area (Å²) in [5.74, 6) is 0.168. The first kappa shape index (κ1) is 19.6. The van der Waals surface area contributed by atoms with Crippen molar-refractivity contribution in [3.05, 3.63) is 66.1 Å². The van der Waals surface area contributed by atoms with Crippen LogP contribution >= 0.6 is 0 Å². The number of sulfonamides is 1.